The Hall–Kier alpha value is 0.354. The Morgan fingerprint density at radius 1 is 0.500 bits per heavy atom. The maximum absolute atomic E-state index is 6.68. The van der Waals surface area contributed by atoms with Gasteiger partial charge in [0.25, 0.3) is 0 Å². The average molecular weight is 375 g/mol. The number of hydrogen-bond acceptors (Lipinski definition) is 2. The monoisotopic (exact) mass is 374 g/mol. The van der Waals surface area contributed by atoms with E-state index in [2.05, 4.69) is 55.4 Å². The van der Waals surface area contributed by atoms with Crippen molar-refractivity contribution in [2.24, 2.45) is 0 Å². The first-order chi connectivity index (χ1) is 11.3. The van der Waals surface area contributed by atoms with Crippen molar-refractivity contribution >= 4 is 16.6 Å². The average Bonchev–Trinajstić information content (AvgIpc) is 2.45. The first-order valence-electron chi connectivity index (χ1n) is 10.6. The van der Waals surface area contributed by atoms with Gasteiger partial charge in [0.1, 0.15) is 0 Å². The first kappa shape index (κ1) is 24.4. The van der Waals surface area contributed by atoms with Crippen LogP contribution in [0.5, 0.6) is 0 Å². The van der Waals surface area contributed by atoms with Crippen molar-refractivity contribution in [3.63, 3.8) is 0 Å². The maximum Gasteiger partial charge on any atom is 0.192 e. The van der Waals surface area contributed by atoms with Crippen molar-refractivity contribution in [2.75, 3.05) is 0 Å². The van der Waals surface area contributed by atoms with Gasteiger partial charge < -0.3 is 8.85 Å². The standard InChI is InChI=1S/C20H46O2Si2/c1-9-13-23(14-10-2,21-19(5)6)17-18-24(15-11-3,16-12-4)22-20(7)8/h19-20H,9-18H2,1-8H3. The fourth-order valence-electron chi connectivity index (χ4n) is 4.38. The second-order valence-corrected chi connectivity index (χ2v) is 16.4. The molecule has 24 heavy (non-hydrogen) atoms. The van der Waals surface area contributed by atoms with Crippen molar-refractivity contribution in [3.8, 4) is 0 Å². The second-order valence-electron chi connectivity index (χ2n) is 8.20. The van der Waals surface area contributed by atoms with Crippen LogP contribution >= 0.6 is 0 Å². The molecule has 0 aliphatic heterocycles. The molecule has 0 aromatic heterocycles. The molecule has 0 N–H and O–H groups in total. The van der Waals surface area contributed by atoms with Crippen LogP contribution in [0.15, 0.2) is 0 Å². The smallest absolute Gasteiger partial charge is 0.192 e. The highest BCUT2D eigenvalue weighted by atomic mass is 28.4. The SMILES string of the molecule is CCC[Si](CCC)(CC[Si](CCC)(CCC)OC(C)C)OC(C)C. The fraction of sp³-hybridized carbons (Fsp3) is 1.00. The maximum atomic E-state index is 6.68. The van der Waals surface area contributed by atoms with Gasteiger partial charge in [0.2, 0.25) is 0 Å². The molecule has 0 rings (SSSR count). The molecule has 2 nitrogen and oxygen atoms in total. The minimum absolute atomic E-state index is 0.370. The molecule has 4 heteroatoms. The van der Waals surface area contributed by atoms with E-state index in [9.17, 15) is 0 Å². The molecule has 146 valence electrons. The van der Waals surface area contributed by atoms with Crippen LogP contribution in [0.25, 0.3) is 0 Å². The molecule has 0 unspecified atom stereocenters. The van der Waals surface area contributed by atoms with E-state index in [1.807, 2.05) is 0 Å². The van der Waals surface area contributed by atoms with Gasteiger partial charge in [-0.05, 0) is 64.0 Å². The lowest BCUT2D eigenvalue weighted by molar-refractivity contribution is 0.216. The van der Waals surface area contributed by atoms with Crippen LogP contribution in [-0.2, 0) is 8.85 Å². The van der Waals surface area contributed by atoms with Gasteiger partial charge in [-0.1, -0.05) is 53.4 Å². The van der Waals surface area contributed by atoms with Gasteiger partial charge in [0.15, 0.2) is 16.6 Å². The van der Waals surface area contributed by atoms with Crippen LogP contribution in [0, 0.1) is 0 Å². The Labute approximate surface area is 155 Å². The predicted octanol–water partition coefficient (Wildman–Crippen LogP) is 7.37. The van der Waals surface area contributed by atoms with Crippen LogP contribution in [0.3, 0.4) is 0 Å². The summed E-state index contributed by atoms with van der Waals surface area (Å²) in [6.45, 7) is 18.2. The highest BCUT2D eigenvalue weighted by Gasteiger charge is 2.40. The zero-order chi connectivity index (χ0) is 18.6. The molecule has 0 saturated heterocycles. The third-order valence-electron chi connectivity index (χ3n) is 4.83. The third kappa shape index (κ3) is 9.16. The first-order valence-corrected chi connectivity index (χ1v) is 15.7. The van der Waals surface area contributed by atoms with Crippen LogP contribution in [0.4, 0.5) is 0 Å². The van der Waals surface area contributed by atoms with Gasteiger partial charge in [-0.25, -0.2) is 0 Å². The van der Waals surface area contributed by atoms with Gasteiger partial charge in [-0.3, -0.25) is 0 Å². The summed E-state index contributed by atoms with van der Waals surface area (Å²) < 4.78 is 13.4. The lowest BCUT2D eigenvalue weighted by Crippen LogP contribution is -2.46. The molecular weight excluding hydrogens is 328 g/mol. The van der Waals surface area contributed by atoms with Crippen molar-refractivity contribution in [2.45, 2.75) is 130 Å². The fourth-order valence-corrected chi connectivity index (χ4v) is 15.9. The topological polar surface area (TPSA) is 18.5 Å². The van der Waals surface area contributed by atoms with Crippen molar-refractivity contribution in [1.82, 2.24) is 0 Å². The Morgan fingerprint density at radius 3 is 0.917 bits per heavy atom. The largest absolute Gasteiger partial charge is 0.414 e. The van der Waals surface area contributed by atoms with E-state index < -0.39 is 16.6 Å². The summed E-state index contributed by atoms with van der Waals surface area (Å²) in [5.41, 5.74) is 0. The van der Waals surface area contributed by atoms with Crippen molar-refractivity contribution in [1.29, 1.82) is 0 Å². The van der Waals surface area contributed by atoms with E-state index in [1.165, 1.54) is 61.9 Å². The Balaban J connectivity index is 5.30. The van der Waals surface area contributed by atoms with Gasteiger partial charge in [0, 0.05) is 12.2 Å². The van der Waals surface area contributed by atoms with E-state index in [-0.39, 0.29) is 0 Å². The third-order valence-corrected chi connectivity index (χ3v) is 15.2. The summed E-state index contributed by atoms with van der Waals surface area (Å²) >= 11 is 0. The molecule has 0 aromatic carbocycles. The van der Waals surface area contributed by atoms with E-state index in [4.69, 9.17) is 8.85 Å². The highest BCUT2D eigenvalue weighted by molar-refractivity contribution is 6.79. The van der Waals surface area contributed by atoms with Crippen LogP contribution in [-0.4, -0.2) is 28.8 Å². The Kier molecular flexibility index (Phi) is 12.9. The molecule has 0 bridgehead atoms. The summed E-state index contributed by atoms with van der Waals surface area (Å²) in [5, 5.41) is 0. The number of hydrogen-bond donors (Lipinski definition) is 0. The lowest BCUT2D eigenvalue weighted by atomic mass is 10.5. The molecule has 0 radical (unpaired) electrons. The van der Waals surface area contributed by atoms with Gasteiger partial charge in [-0.15, -0.1) is 0 Å². The molecule has 0 aromatic rings. The molecule has 0 saturated carbocycles. The highest BCUT2D eigenvalue weighted by Crippen LogP contribution is 2.36. The molecule has 0 fully saturated rings. The second kappa shape index (κ2) is 12.7. The zero-order valence-corrected chi connectivity index (χ0v) is 20.0. The van der Waals surface area contributed by atoms with Crippen molar-refractivity contribution < 1.29 is 8.85 Å². The molecule has 0 amide bonds. The van der Waals surface area contributed by atoms with Gasteiger partial charge in [0.05, 0.1) is 0 Å². The van der Waals surface area contributed by atoms with Crippen molar-refractivity contribution in [3.05, 3.63) is 0 Å². The van der Waals surface area contributed by atoms with E-state index in [1.54, 1.807) is 0 Å². The van der Waals surface area contributed by atoms with Crippen LogP contribution < -0.4 is 0 Å². The summed E-state index contributed by atoms with van der Waals surface area (Å²) in [4.78, 5) is 0. The predicted molar refractivity (Wildman–Crippen MR) is 114 cm³/mol. The Morgan fingerprint density at radius 2 is 0.750 bits per heavy atom. The summed E-state index contributed by atoms with van der Waals surface area (Å²) in [5.74, 6) is 0. The molecule has 0 aliphatic rings. The van der Waals surface area contributed by atoms with E-state index >= 15 is 0 Å². The molecule has 0 aliphatic carbocycles. The zero-order valence-electron chi connectivity index (χ0n) is 18.0. The molecular formula is C20H46O2Si2. The normalized spacial score (nSPS) is 13.2. The lowest BCUT2D eigenvalue weighted by Gasteiger charge is -2.39. The summed E-state index contributed by atoms with van der Waals surface area (Å²) in [7, 11) is -3.25. The van der Waals surface area contributed by atoms with Crippen LogP contribution in [0.2, 0.25) is 36.3 Å². The van der Waals surface area contributed by atoms with Gasteiger partial charge >= 0.3 is 0 Å². The molecule has 0 atom stereocenters. The van der Waals surface area contributed by atoms with Gasteiger partial charge in [-0.2, -0.15) is 0 Å². The quantitative estimate of drug-likeness (QED) is 0.279. The minimum Gasteiger partial charge on any atom is -0.414 e. The molecule has 0 heterocycles. The summed E-state index contributed by atoms with van der Waals surface area (Å²) in [6, 6.07) is 7.94. The van der Waals surface area contributed by atoms with E-state index in [0.717, 1.165) is 0 Å². The Bertz CT molecular complexity index is 264. The minimum atomic E-state index is -1.62. The molecule has 0 spiro atoms. The van der Waals surface area contributed by atoms with E-state index in [0.29, 0.717) is 12.2 Å². The van der Waals surface area contributed by atoms with Crippen LogP contribution in [0.1, 0.15) is 81.1 Å². The number of rotatable bonds is 15. The summed E-state index contributed by atoms with van der Waals surface area (Å²) in [6.07, 6.45) is 5.80.